The molecule has 0 bridgehead atoms. The van der Waals surface area contributed by atoms with Crippen LogP contribution in [0.25, 0.3) is 0 Å². The van der Waals surface area contributed by atoms with Gasteiger partial charge in [0.1, 0.15) is 0 Å². The molecule has 1 N–H and O–H groups in total. The average Bonchev–Trinajstić information content (AvgIpc) is 3.05. The van der Waals surface area contributed by atoms with Gasteiger partial charge in [-0.2, -0.15) is 0 Å². The van der Waals surface area contributed by atoms with Crippen molar-refractivity contribution < 1.29 is 14.2 Å². The highest BCUT2D eigenvalue weighted by atomic mass is 16.5. The number of aryl methyl sites for hydroxylation is 1. The Morgan fingerprint density at radius 2 is 1.02 bits per heavy atom. The first-order chi connectivity index (χ1) is 21.6. The minimum absolute atomic E-state index is 0.759. The minimum Gasteiger partial charge on any atom is -0.453 e. The molecule has 212 valence electrons. The molecule has 6 aromatic carbocycles. The van der Waals surface area contributed by atoms with Gasteiger partial charge in [0.25, 0.3) is 0 Å². The van der Waals surface area contributed by atoms with Crippen LogP contribution < -0.4 is 29.3 Å². The molecule has 44 heavy (non-hydrogen) atoms. The molecule has 0 unspecified atom stereocenters. The number of rotatable bonds is 2. The third-order valence-electron chi connectivity index (χ3n) is 8.44. The average molecular weight is 574 g/mol. The van der Waals surface area contributed by atoms with Crippen molar-refractivity contribution >= 4 is 45.5 Å². The molecule has 0 aromatic heterocycles. The molecular formula is C38H27N3O3. The van der Waals surface area contributed by atoms with E-state index < -0.39 is 0 Å². The summed E-state index contributed by atoms with van der Waals surface area (Å²) in [5.74, 6) is 4.84. The normalized spacial score (nSPS) is 13.4. The number of fused-ring (bicyclic) bond motifs is 6. The highest BCUT2D eigenvalue weighted by Crippen LogP contribution is 2.56. The molecule has 9 rings (SSSR count). The largest absolute Gasteiger partial charge is 0.453 e. The lowest BCUT2D eigenvalue weighted by molar-refractivity contribution is 0.473. The van der Waals surface area contributed by atoms with E-state index in [9.17, 15) is 0 Å². The molecule has 6 nitrogen and oxygen atoms in total. The maximum atomic E-state index is 6.76. The van der Waals surface area contributed by atoms with E-state index in [0.717, 1.165) is 91.1 Å². The number of hydrogen-bond donors (Lipinski definition) is 1. The second-order valence-electron chi connectivity index (χ2n) is 11.2. The Morgan fingerprint density at radius 1 is 0.455 bits per heavy atom. The van der Waals surface area contributed by atoms with Crippen molar-refractivity contribution in [2.45, 2.75) is 13.8 Å². The SMILES string of the molecule is Cc1ccc2c(c1)Oc1ccccc1N2c1ccc2c(c1C)Oc1cc(N3c4ccccc4Oc4ccccc43)ccc1N2. The Hall–Kier alpha value is -5.88. The van der Waals surface area contributed by atoms with Gasteiger partial charge in [-0.1, -0.05) is 42.5 Å². The van der Waals surface area contributed by atoms with Gasteiger partial charge in [-0.3, -0.25) is 0 Å². The van der Waals surface area contributed by atoms with Crippen LogP contribution in [0.15, 0.2) is 121 Å². The van der Waals surface area contributed by atoms with Crippen molar-refractivity contribution in [3.63, 3.8) is 0 Å². The Balaban J connectivity index is 1.14. The lowest BCUT2D eigenvalue weighted by atomic mass is 10.0. The van der Waals surface area contributed by atoms with E-state index in [2.05, 4.69) is 95.7 Å². The van der Waals surface area contributed by atoms with Gasteiger partial charge in [0, 0.05) is 11.6 Å². The van der Waals surface area contributed by atoms with E-state index in [1.54, 1.807) is 0 Å². The number of anilines is 8. The van der Waals surface area contributed by atoms with E-state index in [1.807, 2.05) is 54.6 Å². The van der Waals surface area contributed by atoms with Crippen LogP contribution in [-0.4, -0.2) is 0 Å². The maximum absolute atomic E-state index is 6.76. The van der Waals surface area contributed by atoms with Gasteiger partial charge in [0.2, 0.25) is 0 Å². The number of nitrogens with zero attached hydrogens (tertiary/aromatic N) is 2. The van der Waals surface area contributed by atoms with Crippen molar-refractivity contribution in [1.29, 1.82) is 0 Å². The van der Waals surface area contributed by atoms with E-state index in [0.29, 0.717) is 0 Å². The van der Waals surface area contributed by atoms with Crippen molar-refractivity contribution in [3.05, 3.63) is 132 Å². The molecule has 0 fully saturated rings. The molecular weight excluding hydrogens is 546 g/mol. The van der Waals surface area contributed by atoms with Gasteiger partial charge >= 0.3 is 0 Å². The second-order valence-corrected chi connectivity index (χ2v) is 11.2. The fraction of sp³-hybridized carbons (Fsp3) is 0.0526. The van der Waals surface area contributed by atoms with Crippen LogP contribution in [0.4, 0.5) is 45.5 Å². The summed E-state index contributed by atoms with van der Waals surface area (Å²) in [6.45, 7) is 4.20. The molecule has 0 saturated heterocycles. The van der Waals surface area contributed by atoms with Crippen LogP contribution in [0.1, 0.15) is 11.1 Å². The summed E-state index contributed by atoms with van der Waals surface area (Å²) in [5.41, 5.74) is 9.98. The fourth-order valence-corrected chi connectivity index (χ4v) is 6.35. The molecule has 0 radical (unpaired) electrons. The van der Waals surface area contributed by atoms with Gasteiger partial charge in [0.05, 0.1) is 45.5 Å². The van der Waals surface area contributed by atoms with Crippen LogP contribution in [0.5, 0.6) is 34.5 Å². The Labute approximate surface area is 255 Å². The molecule has 0 atom stereocenters. The van der Waals surface area contributed by atoms with Gasteiger partial charge in [0.15, 0.2) is 34.5 Å². The zero-order valence-corrected chi connectivity index (χ0v) is 24.2. The molecule has 3 aliphatic rings. The summed E-state index contributed by atoms with van der Waals surface area (Å²) in [7, 11) is 0. The standard InChI is InChI=1S/C38H27N3O3/c1-23-15-19-32-37(21-23)43-35-14-8-5-11-31(35)41(32)28-20-18-27-38(24(28)2)44-36-22-25(16-17-26(36)39-27)40-29-9-3-6-12-33(29)42-34-13-7-4-10-30(34)40/h3-22,39H,1-2H3. The van der Waals surface area contributed by atoms with Crippen LogP contribution in [0.2, 0.25) is 0 Å². The lowest BCUT2D eigenvalue weighted by Crippen LogP contribution is -2.18. The second kappa shape index (κ2) is 9.31. The van der Waals surface area contributed by atoms with E-state index in [-0.39, 0.29) is 0 Å². The van der Waals surface area contributed by atoms with E-state index in [4.69, 9.17) is 14.2 Å². The smallest absolute Gasteiger partial charge is 0.155 e. The van der Waals surface area contributed by atoms with Gasteiger partial charge in [-0.15, -0.1) is 0 Å². The predicted octanol–water partition coefficient (Wildman–Crippen LogP) is 11.3. The van der Waals surface area contributed by atoms with Gasteiger partial charge < -0.3 is 29.3 Å². The first-order valence-electron chi connectivity index (χ1n) is 14.7. The molecule has 3 aliphatic heterocycles. The number of para-hydroxylation sites is 6. The van der Waals surface area contributed by atoms with Crippen LogP contribution in [0.3, 0.4) is 0 Å². The van der Waals surface area contributed by atoms with Crippen molar-refractivity contribution in [3.8, 4) is 34.5 Å². The van der Waals surface area contributed by atoms with Gasteiger partial charge in [-0.05, 0) is 92.2 Å². The summed E-state index contributed by atoms with van der Waals surface area (Å²) in [4.78, 5) is 4.49. The number of hydrogen-bond acceptors (Lipinski definition) is 6. The molecule has 6 heteroatoms. The summed E-state index contributed by atoms with van der Waals surface area (Å²) < 4.78 is 19.3. The fourth-order valence-electron chi connectivity index (χ4n) is 6.35. The Bertz CT molecular complexity index is 2090. The molecule has 3 heterocycles. The topological polar surface area (TPSA) is 46.2 Å². The first-order valence-corrected chi connectivity index (χ1v) is 14.7. The van der Waals surface area contributed by atoms with Crippen LogP contribution in [-0.2, 0) is 0 Å². The van der Waals surface area contributed by atoms with Crippen LogP contribution >= 0.6 is 0 Å². The summed E-state index contributed by atoms with van der Waals surface area (Å²) in [5, 5.41) is 3.61. The van der Waals surface area contributed by atoms with Crippen molar-refractivity contribution in [2.24, 2.45) is 0 Å². The first kappa shape index (κ1) is 24.7. The highest BCUT2D eigenvalue weighted by Gasteiger charge is 2.31. The lowest BCUT2D eigenvalue weighted by Gasteiger charge is -2.35. The molecule has 0 aliphatic carbocycles. The summed E-state index contributed by atoms with van der Waals surface area (Å²) in [6.07, 6.45) is 0. The quantitative estimate of drug-likeness (QED) is 0.222. The molecule has 0 saturated carbocycles. The van der Waals surface area contributed by atoms with Crippen molar-refractivity contribution in [1.82, 2.24) is 0 Å². The minimum atomic E-state index is 0.759. The number of benzene rings is 6. The van der Waals surface area contributed by atoms with Crippen molar-refractivity contribution in [2.75, 3.05) is 15.1 Å². The maximum Gasteiger partial charge on any atom is 0.155 e. The Kier molecular flexibility index (Phi) is 5.23. The number of nitrogens with one attached hydrogen (secondary N) is 1. The predicted molar refractivity (Wildman–Crippen MR) is 175 cm³/mol. The highest BCUT2D eigenvalue weighted by molar-refractivity contribution is 5.92. The zero-order valence-electron chi connectivity index (χ0n) is 24.2. The summed E-state index contributed by atoms with van der Waals surface area (Å²) in [6, 6.07) is 41.2. The third kappa shape index (κ3) is 3.67. The summed E-state index contributed by atoms with van der Waals surface area (Å²) >= 11 is 0. The monoisotopic (exact) mass is 573 g/mol. The number of ether oxygens (including phenoxy) is 3. The van der Waals surface area contributed by atoms with E-state index >= 15 is 0 Å². The van der Waals surface area contributed by atoms with Crippen LogP contribution in [0, 0.1) is 13.8 Å². The molecule has 0 spiro atoms. The molecule has 6 aromatic rings. The Morgan fingerprint density at radius 3 is 1.73 bits per heavy atom. The van der Waals surface area contributed by atoms with Gasteiger partial charge in [-0.25, -0.2) is 0 Å². The molecule has 0 amide bonds. The van der Waals surface area contributed by atoms with E-state index in [1.165, 1.54) is 0 Å². The third-order valence-corrected chi connectivity index (χ3v) is 8.44. The zero-order chi connectivity index (χ0) is 29.4.